The molecule has 1 unspecified atom stereocenters. The summed E-state index contributed by atoms with van der Waals surface area (Å²) in [6.07, 6.45) is 7.51. The van der Waals surface area contributed by atoms with Crippen LogP contribution < -0.4 is 10.7 Å². The highest BCUT2D eigenvalue weighted by Crippen LogP contribution is 2.26. The van der Waals surface area contributed by atoms with Gasteiger partial charge in [-0.25, -0.2) is 0 Å². The van der Waals surface area contributed by atoms with Crippen molar-refractivity contribution in [3.63, 3.8) is 0 Å². The van der Waals surface area contributed by atoms with Crippen LogP contribution in [0.25, 0.3) is 0 Å². The molecule has 1 aliphatic heterocycles. The number of benzene rings is 1. The molecule has 0 spiro atoms. The zero-order valence-corrected chi connectivity index (χ0v) is 14.1. The number of amides is 1. The second-order valence-electron chi connectivity index (χ2n) is 6.74. The van der Waals surface area contributed by atoms with Gasteiger partial charge in [0.25, 0.3) is 0 Å². The van der Waals surface area contributed by atoms with E-state index in [9.17, 15) is 4.79 Å². The van der Waals surface area contributed by atoms with Gasteiger partial charge in [0.15, 0.2) is 0 Å². The molecule has 130 valence electrons. The van der Waals surface area contributed by atoms with Crippen molar-refractivity contribution >= 4 is 12.1 Å². The van der Waals surface area contributed by atoms with Crippen molar-refractivity contribution < 1.29 is 9.53 Å². The van der Waals surface area contributed by atoms with E-state index in [2.05, 4.69) is 40.1 Å². The molecule has 0 bridgehead atoms. The van der Waals surface area contributed by atoms with E-state index in [1.165, 1.54) is 5.56 Å². The minimum absolute atomic E-state index is 0.0879. The van der Waals surface area contributed by atoms with Crippen LogP contribution in [0.1, 0.15) is 31.2 Å². The Morgan fingerprint density at radius 3 is 2.71 bits per heavy atom. The van der Waals surface area contributed by atoms with Gasteiger partial charge in [0.1, 0.15) is 0 Å². The van der Waals surface area contributed by atoms with Crippen LogP contribution in [0.5, 0.6) is 0 Å². The molecule has 2 N–H and O–H groups in total. The van der Waals surface area contributed by atoms with Crippen molar-refractivity contribution in [1.29, 1.82) is 0 Å². The number of rotatable bonds is 7. The summed E-state index contributed by atoms with van der Waals surface area (Å²) in [5, 5.41) is 6.95. The Morgan fingerprint density at radius 2 is 2.00 bits per heavy atom. The van der Waals surface area contributed by atoms with E-state index in [1.54, 1.807) is 6.21 Å². The van der Waals surface area contributed by atoms with Gasteiger partial charge in [-0.3, -0.25) is 4.79 Å². The van der Waals surface area contributed by atoms with Gasteiger partial charge in [0, 0.05) is 19.3 Å². The van der Waals surface area contributed by atoms with Gasteiger partial charge in [-0.15, -0.1) is 0 Å². The summed E-state index contributed by atoms with van der Waals surface area (Å²) in [7, 11) is 0. The third kappa shape index (κ3) is 5.06. The average molecular weight is 329 g/mol. The van der Waals surface area contributed by atoms with E-state index in [4.69, 9.17) is 4.74 Å². The van der Waals surface area contributed by atoms with Crippen LogP contribution in [0, 0.1) is 11.8 Å². The first kappa shape index (κ1) is 17.0. The highest BCUT2D eigenvalue weighted by molar-refractivity contribution is 5.94. The molecule has 1 amide bonds. The number of hydrogen-bond acceptors (Lipinski definition) is 4. The van der Waals surface area contributed by atoms with E-state index in [0.717, 1.165) is 45.3 Å². The van der Waals surface area contributed by atoms with Gasteiger partial charge >= 0.3 is 0 Å². The number of hydrogen-bond donors (Lipinski definition) is 2. The molecular weight excluding hydrogens is 302 g/mol. The normalized spacial score (nSPS) is 26.1. The fourth-order valence-corrected chi connectivity index (χ4v) is 3.37. The van der Waals surface area contributed by atoms with E-state index >= 15 is 0 Å². The molecule has 1 aromatic carbocycles. The molecule has 0 saturated heterocycles. The largest absolute Gasteiger partial charge is 0.378 e. The van der Waals surface area contributed by atoms with Crippen molar-refractivity contribution in [3.05, 3.63) is 35.9 Å². The lowest BCUT2D eigenvalue weighted by molar-refractivity contribution is -0.122. The van der Waals surface area contributed by atoms with Crippen LogP contribution in [0.4, 0.5) is 0 Å². The molecule has 0 aromatic heterocycles. The van der Waals surface area contributed by atoms with E-state index in [-0.39, 0.29) is 11.8 Å². The number of ether oxygens (including phenoxy) is 1. The van der Waals surface area contributed by atoms with Gasteiger partial charge < -0.3 is 15.5 Å². The predicted octanol–water partition coefficient (Wildman–Crippen LogP) is 2.13. The number of nitrogens with one attached hydrogen (secondary N) is 2. The molecule has 5 heteroatoms. The average Bonchev–Trinajstić information content (AvgIpc) is 3.16. The minimum Gasteiger partial charge on any atom is -0.378 e. The fourth-order valence-electron chi connectivity index (χ4n) is 3.37. The lowest BCUT2D eigenvalue weighted by Crippen LogP contribution is -2.37. The van der Waals surface area contributed by atoms with Crippen LogP contribution in [-0.2, 0) is 16.0 Å². The van der Waals surface area contributed by atoms with Crippen molar-refractivity contribution in [2.75, 3.05) is 19.7 Å². The van der Waals surface area contributed by atoms with Gasteiger partial charge in [0.05, 0.1) is 18.6 Å². The summed E-state index contributed by atoms with van der Waals surface area (Å²) < 4.78 is 6.03. The van der Waals surface area contributed by atoms with Gasteiger partial charge in [-0.2, -0.15) is 5.10 Å². The van der Waals surface area contributed by atoms with Crippen molar-refractivity contribution in [1.82, 2.24) is 10.7 Å². The molecule has 1 fully saturated rings. The Bertz CT molecular complexity index is 539. The topological polar surface area (TPSA) is 62.7 Å². The molecule has 3 rings (SSSR count). The van der Waals surface area contributed by atoms with Crippen LogP contribution in [0.15, 0.2) is 35.4 Å². The monoisotopic (exact) mass is 329 g/mol. The maximum atomic E-state index is 12.0. The maximum absolute atomic E-state index is 12.0. The van der Waals surface area contributed by atoms with Gasteiger partial charge in [-0.05, 0) is 43.6 Å². The summed E-state index contributed by atoms with van der Waals surface area (Å²) in [6, 6.07) is 10.5. The molecule has 24 heavy (non-hydrogen) atoms. The third-order valence-electron chi connectivity index (χ3n) is 4.94. The van der Waals surface area contributed by atoms with Crippen LogP contribution in [-0.4, -0.2) is 37.9 Å². The van der Waals surface area contributed by atoms with Crippen molar-refractivity contribution in [2.24, 2.45) is 16.9 Å². The summed E-state index contributed by atoms with van der Waals surface area (Å²) >= 11 is 0. The Morgan fingerprint density at radius 1 is 1.21 bits per heavy atom. The Labute approximate surface area is 143 Å². The van der Waals surface area contributed by atoms with Gasteiger partial charge in [0.2, 0.25) is 5.91 Å². The second-order valence-corrected chi connectivity index (χ2v) is 6.74. The number of hydrazone groups is 1. The maximum Gasteiger partial charge on any atom is 0.230 e. The first-order chi connectivity index (χ1) is 11.8. The zero-order valence-electron chi connectivity index (χ0n) is 14.1. The fraction of sp³-hybridized carbons (Fsp3) is 0.579. The van der Waals surface area contributed by atoms with E-state index in [0.29, 0.717) is 18.6 Å². The summed E-state index contributed by atoms with van der Waals surface area (Å²) in [5.41, 5.74) is 4.15. The highest BCUT2D eigenvalue weighted by Gasteiger charge is 2.24. The summed E-state index contributed by atoms with van der Waals surface area (Å²) in [4.78, 5) is 12.0. The Balaban J connectivity index is 1.28. The molecule has 1 saturated carbocycles. The lowest BCUT2D eigenvalue weighted by Gasteiger charge is -2.29. The smallest absolute Gasteiger partial charge is 0.230 e. The third-order valence-corrected chi connectivity index (χ3v) is 4.94. The highest BCUT2D eigenvalue weighted by atomic mass is 16.5. The van der Waals surface area contributed by atoms with E-state index in [1.807, 2.05) is 6.07 Å². The second kappa shape index (κ2) is 8.83. The molecular formula is C19H27N3O2. The quantitative estimate of drug-likeness (QED) is 0.805. The number of carbonyl (C=O) groups is 1. The standard InChI is InChI=1S/C19H27N3O2/c23-19(17-13-21-22-14-17)20-12-16-6-8-18(9-7-16)24-11-10-15-4-2-1-3-5-15/h1-5,13,16-18,22H,6-12,14H2,(H,20,23). The molecule has 1 heterocycles. The predicted molar refractivity (Wildman–Crippen MR) is 94.8 cm³/mol. The molecule has 1 aromatic rings. The summed E-state index contributed by atoms with van der Waals surface area (Å²) in [6.45, 7) is 2.19. The van der Waals surface area contributed by atoms with Crippen LogP contribution >= 0.6 is 0 Å². The zero-order chi connectivity index (χ0) is 16.6. The molecule has 1 aliphatic carbocycles. The van der Waals surface area contributed by atoms with Crippen LogP contribution in [0.3, 0.4) is 0 Å². The molecule has 1 atom stereocenters. The Kier molecular flexibility index (Phi) is 6.24. The minimum atomic E-state index is -0.109. The first-order valence-electron chi connectivity index (χ1n) is 9.00. The molecule has 2 aliphatic rings. The van der Waals surface area contributed by atoms with Crippen molar-refractivity contribution in [3.8, 4) is 0 Å². The number of nitrogens with zero attached hydrogens (tertiary/aromatic N) is 1. The van der Waals surface area contributed by atoms with Gasteiger partial charge in [-0.1, -0.05) is 30.3 Å². The summed E-state index contributed by atoms with van der Waals surface area (Å²) in [5.74, 6) is 0.557. The lowest BCUT2D eigenvalue weighted by atomic mass is 9.87. The Hall–Kier alpha value is -1.88. The first-order valence-corrected chi connectivity index (χ1v) is 9.00. The number of carbonyl (C=O) groups excluding carboxylic acids is 1. The van der Waals surface area contributed by atoms with E-state index < -0.39 is 0 Å². The SMILES string of the molecule is O=C(NCC1CCC(OCCc2ccccc2)CC1)C1C=NNC1. The van der Waals surface area contributed by atoms with Crippen LogP contribution in [0.2, 0.25) is 0 Å². The molecule has 5 nitrogen and oxygen atoms in total. The van der Waals surface area contributed by atoms with Crippen molar-refractivity contribution in [2.45, 2.75) is 38.2 Å². The molecule has 0 radical (unpaired) electrons.